The zero-order chi connectivity index (χ0) is 52.2. The fourth-order valence-electron chi connectivity index (χ4n) is 9.95. The summed E-state index contributed by atoms with van der Waals surface area (Å²) >= 11 is 0. The fourth-order valence-corrected chi connectivity index (χ4v) is 9.95. The van der Waals surface area contributed by atoms with Crippen LogP contribution in [-0.4, -0.2) is 47.4 Å². The molecule has 1 amide bonds. The Morgan fingerprint density at radius 1 is 0.389 bits per heavy atom. The lowest BCUT2D eigenvalue weighted by Crippen LogP contribution is -2.45. The van der Waals surface area contributed by atoms with Gasteiger partial charge in [0, 0.05) is 12.8 Å². The number of aliphatic hydroxyl groups excluding tert-OH is 2. The molecule has 2 unspecified atom stereocenters. The Morgan fingerprint density at radius 2 is 0.708 bits per heavy atom. The zero-order valence-electron chi connectivity index (χ0n) is 48.4. The molecule has 0 fully saturated rings. The topological polar surface area (TPSA) is 95.9 Å². The predicted molar refractivity (Wildman–Crippen MR) is 315 cm³/mol. The van der Waals surface area contributed by atoms with Crippen LogP contribution in [0, 0.1) is 0 Å². The minimum atomic E-state index is -0.664. The maximum absolute atomic E-state index is 12.5. The Hall–Kier alpha value is -1.92. The van der Waals surface area contributed by atoms with Gasteiger partial charge in [-0.2, -0.15) is 0 Å². The van der Waals surface area contributed by atoms with Crippen molar-refractivity contribution >= 4 is 11.9 Å². The SMILES string of the molecule is CCCC/C=C\C/C=C\CCCCCCCC(=O)OCCCCCCCCCCCCCC/C=C\CCCCCCCCCCCCCC(=O)NC(CO)C(O)CCCCCCCCCCCCCCCC. The van der Waals surface area contributed by atoms with Crippen molar-refractivity contribution in [3.05, 3.63) is 36.5 Å². The first kappa shape index (κ1) is 70.1. The van der Waals surface area contributed by atoms with Gasteiger partial charge in [0.2, 0.25) is 5.91 Å². The van der Waals surface area contributed by atoms with Gasteiger partial charge in [-0.3, -0.25) is 9.59 Å². The average Bonchev–Trinajstić information content (AvgIpc) is 3.38. The first-order chi connectivity index (χ1) is 35.5. The lowest BCUT2D eigenvalue weighted by Gasteiger charge is -2.22. The summed E-state index contributed by atoms with van der Waals surface area (Å²) in [5.41, 5.74) is 0. The third-order valence-electron chi connectivity index (χ3n) is 14.9. The second-order valence-corrected chi connectivity index (χ2v) is 22.1. The molecule has 0 rings (SSSR count). The van der Waals surface area contributed by atoms with Crippen molar-refractivity contribution in [3.8, 4) is 0 Å². The smallest absolute Gasteiger partial charge is 0.305 e. The summed E-state index contributed by atoms with van der Waals surface area (Å²) < 4.78 is 5.47. The molecule has 6 nitrogen and oxygen atoms in total. The van der Waals surface area contributed by atoms with Gasteiger partial charge < -0.3 is 20.3 Å². The van der Waals surface area contributed by atoms with E-state index in [-0.39, 0.29) is 18.5 Å². The van der Waals surface area contributed by atoms with E-state index in [2.05, 4.69) is 55.6 Å². The van der Waals surface area contributed by atoms with E-state index >= 15 is 0 Å². The second kappa shape index (κ2) is 61.6. The number of rotatable bonds is 60. The molecule has 0 aromatic heterocycles. The molecule has 0 aliphatic carbocycles. The Morgan fingerprint density at radius 3 is 1.11 bits per heavy atom. The van der Waals surface area contributed by atoms with E-state index in [9.17, 15) is 19.8 Å². The molecule has 0 saturated carbocycles. The Bertz CT molecular complexity index is 1170. The van der Waals surface area contributed by atoms with Gasteiger partial charge in [0.15, 0.2) is 0 Å². The number of unbranched alkanes of at least 4 members (excludes halogenated alkanes) is 43. The maximum atomic E-state index is 12.5. The number of esters is 1. The number of carbonyl (C=O) groups is 2. The number of allylic oxidation sites excluding steroid dienone is 6. The van der Waals surface area contributed by atoms with Crippen LogP contribution in [0.5, 0.6) is 0 Å². The molecule has 424 valence electrons. The molecule has 0 aliphatic rings. The molecule has 0 spiro atoms. The zero-order valence-corrected chi connectivity index (χ0v) is 48.4. The van der Waals surface area contributed by atoms with Gasteiger partial charge in [0.1, 0.15) is 0 Å². The number of amides is 1. The van der Waals surface area contributed by atoms with Gasteiger partial charge in [0.05, 0.1) is 25.4 Å². The highest BCUT2D eigenvalue weighted by atomic mass is 16.5. The van der Waals surface area contributed by atoms with Crippen LogP contribution in [0.4, 0.5) is 0 Å². The molecule has 72 heavy (non-hydrogen) atoms. The van der Waals surface area contributed by atoms with E-state index in [1.165, 1.54) is 263 Å². The Labute approximate surface area is 449 Å². The normalized spacial score (nSPS) is 12.8. The van der Waals surface area contributed by atoms with Gasteiger partial charge in [-0.25, -0.2) is 0 Å². The van der Waals surface area contributed by atoms with Gasteiger partial charge in [0.25, 0.3) is 0 Å². The second-order valence-electron chi connectivity index (χ2n) is 22.1. The molecule has 0 aromatic carbocycles. The predicted octanol–water partition coefficient (Wildman–Crippen LogP) is 20.4. The van der Waals surface area contributed by atoms with Crippen LogP contribution in [0.2, 0.25) is 0 Å². The minimum absolute atomic E-state index is 0.000505. The van der Waals surface area contributed by atoms with Crippen LogP contribution >= 0.6 is 0 Å². The number of nitrogens with one attached hydrogen (secondary N) is 1. The lowest BCUT2D eigenvalue weighted by atomic mass is 10.0. The first-order valence-electron chi connectivity index (χ1n) is 32.2. The van der Waals surface area contributed by atoms with Crippen LogP contribution in [0.25, 0.3) is 0 Å². The average molecular weight is 1010 g/mol. The van der Waals surface area contributed by atoms with Crippen molar-refractivity contribution in [2.24, 2.45) is 0 Å². The number of carbonyl (C=O) groups excluding carboxylic acids is 2. The summed E-state index contributed by atoms with van der Waals surface area (Å²) in [4.78, 5) is 24.5. The van der Waals surface area contributed by atoms with E-state index in [0.29, 0.717) is 25.9 Å². The largest absolute Gasteiger partial charge is 0.466 e. The van der Waals surface area contributed by atoms with Crippen LogP contribution < -0.4 is 5.32 Å². The van der Waals surface area contributed by atoms with E-state index in [0.717, 1.165) is 51.4 Å². The Kier molecular flexibility index (Phi) is 60.0. The first-order valence-corrected chi connectivity index (χ1v) is 32.2. The van der Waals surface area contributed by atoms with Crippen molar-refractivity contribution in [1.82, 2.24) is 5.32 Å². The van der Waals surface area contributed by atoms with E-state index in [4.69, 9.17) is 4.74 Å². The summed E-state index contributed by atoms with van der Waals surface area (Å²) in [6, 6.07) is -0.542. The molecular formula is C66H125NO5. The van der Waals surface area contributed by atoms with Gasteiger partial charge in [-0.15, -0.1) is 0 Å². The van der Waals surface area contributed by atoms with Crippen LogP contribution in [-0.2, 0) is 14.3 Å². The molecule has 0 bridgehead atoms. The highest BCUT2D eigenvalue weighted by Gasteiger charge is 2.20. The van der Waals surface area contributed by atoms with Crippen LogP contribution in [0.3, 0.4) is 0 Å². The van der Waals surface area contributed by atoms with Crippen molar-refractivity contribution in [1.29, 1.82) is 0 Å². The fraction of sp³-hybridized carbons (Fsp3) is 0.879. The van der Waals surface area contributed by atoms with Gasteiger partial charge in [-0.1, -0.05) is 294 Å². The number of aliphatic hydroxyl groups is 2. The van der Waals surface area contributed by atoms with Gasteiger partial charge >= 0.3 is 5.97 Å². The molecular weight excluding hydrogens is 887 g/mol. The number of hydrogen-bond donors (Lipinski definition) is 3. The number of hydrogen-bond acceptors (Lipinski definition) is 5. The molecule has 6 heteroatoms. The molecule has 0 radical (unpaired) electrons. The van der Waals surface area contributed by atoms with Crippen LogP contribution in [0.1, 0.15) is 348 Å². The molecule has 0 saturated heterocycles. The van der Waals surface area contributed by atoms with Crippen molar-refractivity contribution in [3.63, 3.8) is 0 Å². The summed E-state index contributed by atoms with van der Waals surface area (Å²) in [6.07, 6.45) is 77.4. The molecule has 0 aliphatic heterocycles. The molecule has 3 N–H and O–H groups in total. The van der Waals surface area contributed by atoms with E-state index < -0.39 is 12.1 Å². The third kappa shape index (κ3) is 57.4. The summed E-state index contributed by atoms with van der Waals surface area (Å²) in [7, 11) is 0. The standard InChI is InChI=1S/C66H125NO5/c1-3-5-7-9-11-13-15-17-34-38-42-46-50-54-58-64(69)63(62-68)67-65(70)59-55-51-47-43-39-35-32-30-28-26-24-22-20-19-21-23-25-27-29-31-33-37-41-45-49-53-57-61-72-66(71)60-56-52-48-44-40-36-18-16-14-12-10-8-6-4-2/h10,12,16,18-20,63-64,68-69H,3-9,11,13-15,17,21-62H2,1-2H3,(H,67,70)/b12-10-,18-16-,20-19-. The van der Waals surface area contributed by atoms with Crippen molar-refractivity contribution in [2.45, 2.75) is 360 Å². The lowest BCUT2D eigenvalue weighted by molar-refractivity contribution is -0.143. The molecule has 2 atom stereocenters. The maximum Gasteiger partial charge on any atom is 0.305 e. The van der Waals surface area contributed by atoms with Crippen LogP contribution in [0.15, 0.2) is 36.5 Å². The monoisotopic (exact) mass is 1010 g/mol. The van der Waals surface area contributed by atoms with Crippen molar-refractivity contribution < 1.29 is 24.5 Å². The third-order valence-corrected chi connectivity index (χ3v) is 14.9. The van der Waals surface area contributed by atoms with E-state index in [1.807, 2.05) is 0 Å². The summed E-state index contributed by atoms with van der Waals surface area (Å²) in [5.74, 6) is -0.0340. The quantitative estimate of drug-likeness (QED) is 0.0320. The minimum Gasteiger partial charge on any atom is -0.466 e. The molecule has 0 heterocycles. The highest BCUT2D eigenvalue weighted by Crippen LogP contribution is 2.18. The van der Waals surface area contributed by atoms with Crippen molar-refractivity contribution in [2.75, 3.05) is 13.2 Å². The summed E-state index contributed by atoms with van der Waals surface area (Å²) in [5, 5.41) is 23.3. The Balaban J connectivity index is 3.38. The number of ether oxygens (including phenoxy) is 1. The summed E-state index contributed by atoms with van der Waals surface area (Å²) in [6.45, 7) is 4.92. The van der Waals surface area contributed by atoms with Gasteiger partial charge in [-0.05, 0) is 77.0 Å². The molecule has 0 aromatic rings. The highest BCUT2D eigenvalue weighted by molar-refractivity contribution is 5.76. The van der Waals surface area contributed by atoms with E-state index in [1.54, 1.807) is 0 Å².